The van der Waals surface area contributed by atoms with Crippen LogP contribution in [0.5, 0.6) is 6.01 Å². The van der Waals surface area contributed by atoms with Gasteiger partial charge in [-0.15, -0.1) is 0 Å². The van der Waals surface area contributed by atoms with Gasteiger partial charge >= 0.3 is 6.01 Å². The summed E-state index contributed by atoms with van der Waals surface area (Å²) in [6.45, 7) is 4.46. The van der Waals surface area contributed by atoms with Crippen molar-refractivity contribution in [3.05, 3.63) is 17.8 Å². The first-order valence-corrected chi connectivity index (χ1v) is 5.72. The molecule has 0 unspecified atom stereocenters. The van der Waals surface area contributed by atoms with Crippen molar-refractivity contribution in [1.29, 1.82) is 0 Å². The third kappa shape index (κ3) is 3.52. The van der Waals surface area contributed by atoms with Gasteiger partial charge in [-0.05, 0) is 13.8 Å². The van der Waals surface area contributed by atoms with Crippen LogP contribution in [0.3, 0.4) is 0 Å². The van der Waals surface area contributed by atoms with Crippen LogP contribution in [0.15, 0.2) is 10.6 Å². The van der Waals surface area contributed by atoms with E-state index in [1.54, 1.807) is 6.20 Å². The summed E-state index contributed by atoms with van der Waals surface area (Å²) >= 11 is 0. The molecule has 0 aliphatic carbocycles. The Morgan fingerprint density at radius 3 is 2.74 bits per heavy atom. The van der Waals surface area contributed by atoms with Gasteiger partial charge in [0.25, 0.3) is 0 Å². The molecule has 0 aliphatic rings. The summed E-state index contributed by atoms with van der Waals surface area (Å²) in [4.78, 5) is 16.1. The van der Waals surface area contributed by atoms with Crippen LogP contribution in [-0.4, -0.2) is 26.5 Å². The lowest BCUT2D eigenvalue weighted by molar-refractivity contribution is 0.312. The Labute approximate surface area is 109 Å². The first-order valence-electron chi connectivity index (χ1n) is 5.72. The van der Waals surface area contributed by atoms with Gasteiger partial charge in [0.15, 0.2) is 0 Å². The number of oxazole rings is 1. The lowest BCUT2D eigenvalue weighted by atomic mass is 10.6. The maximum absolute atomic E-state index is 5.32. The highest BCUT2D eigenvalue weighted by Gasteiger charge is 2.07. The van der Waals surface area contributed by atoms with Gasteiger partial charge < -0.3 is 14.5 Å². The Balaban J connectivity index is 2.08. The van der Waals surface area contributed by atoms with Crippen LogP contribution in [0.4, 0.5) is 11.9 Å². The summed E-state index contributed by atoms with van der Waals surface area (Å²) in [6, 6.07) is 0.191. The fourth-order valence-corrected chi connectivity index (χ4v) is 1.33. The van der Waals surface area contributed by atoms with E-state index in [4.69, 9.17) is 15.0 Å². The summed E-state index contributed by atoms with van der Waals surface area (Å²) < 4.78 is 10.5. The minimum atomic E-state index is 0.191. The second kappa shape index (κ2) is 5.96. The van der Waals surface area contributed by atoms with Crippen LogP contribution in [0.1, 0.15) is 18.6 Å². The molecule has 9 nitrogen and oxygen atoms in total. The van der Waals surface area contributed by atoms with Gasteiger partial charge in [0, 0.05) is 0 Å². The number of nitrogen functional groups attached to an aromatic ring is 1. The van der Waals surface area contributed by atoms with Crippen LogP contribution in [-0.2, 0) is 6.54 Å². The summed E-state index contributed by atoms with van der Waals surface area (Å²) in [5.74, 6) is 7.09. The molecule has 0 saturated heterocycles. The molecule has 0 bridgehead atoms. The molecule has 0 amide bonds. The molecular formula is C10H15N7O2. The zero-order valence-corrected chi connectivity index (χ0v) is 10.7. The number of anilines is 2. The molecule has 0 aromatic carbocycles. The highest BCUT2D eigenvalue weighted by Crippen LogP contribution is 2.11. The number of aryl methyl sites for hydroxylation is 1. The van der Waals surface area contributed by atoms with Gasteiger partial charge in [-0.1, -0.05) is 0 Å². The van der Waals surface area contributed by atoms with Crippen molar-refractivity contribution >= 4 is 11.9 Å². The SMILES string of the molecule is CCOc1nc(NN)nc(NCc2ncc(C)o2)n1. The molecule has 9 heteroatoms. The number of hydrogen-bond acceptors (Lipinski definition) is 9. The van der Waals surface area contributed by atoms with E-state index in [0.717, 1.165) is 5.76 Å². The van der Waals surface area contributed by atoms with Crippen molar-refractivity contribution in [3.8, 4) is 6.01 Å². The molecule has 102 valence electrons. The minimum Gasteiger partial charge on any atom is -0.464 e. The summed E-state index contributed by atoms with van der Waals surface area (Å²) in [5, 5.41) is 2.95. The zero-order valence-electron chi connectivity index (χ0n) is 10.7. The van der Waals surface area contributed by atoms with E-state index >= 15 is 0 Å². The van der Waals surface area contributed by atoms with Crippen LogP contribution in [0.25, 0.3) is 0 Å². The number of nitrogens with one attached hydrogen (secondary N) is 2. The molecular weight excluding hydrogens is 250 g/mol. The highest BCUT2D eigenvalue weighted by atomic mass is 16.5. The zero-order chi connectivity index (χ0) is 13.7. The Morgan fingerprint density at radius 1 is 1.32 bits per heavy atom. The van der Waals surface area contributed by atoms with Crippen molar-refractivity contribution in [2.45, 2.75) is 20.4 Å². The normalized spacial score (nSPS) is 10.3. The maximum atomic E-state index is 5.32. The Morgan fingerprint density at radius 2 is 2.11 bits per heavy atom. The lowest BCUT2D eigenvalue weighted by Crippen LogP contribution is -2.14. The van der Waals surface area contributed by atoms with Crippen LogP contribution in [0.2, 0.25) is 0 Å². The number of hydrogen-bond donors (Lipinski definition) is 3. The van der Waals surface area contributed by atoms with E-state index < -0.39 is 0 Å². The summed E-state index contributed by atoms with van der Waals surface area (Å²) in [6.07, 6.45) is 1.64. The number of ether oxygens (including phenoxy) is 1. The molecule has 0 saturated carbocycles. The molecule has 0 fully saturated rings. The van der Waals surface area contributed by atoms with E-state index in [1.165, 1.54) is 0 Å². The minimum absolute atomic E-state index is 0.191. The van der Waals surface area contributed by atoms with E-state index in [1.807, 2.05) is 13.8 Å². The molecule has 0 atom stereocenters. The van der Waals surface area contributed by atoms with Gasteiger partial charge in [-0.2, -0.15) is 15.0 Å². The molecule has 2 aromatic rings. The Bertz CT molecular complexity index is 542. The Kier molecular flexibility index (Phi) is 4.08. The van der Waals surface area contributed by atoms with Crippen LogP contribution >= 0.6 is 0 Å². The largest absolute Gasteiger partial charge is 0.464 e. The highest BCUT2D eigenvalue weighted by molar-refractivity contribution is 5.34. The molecule has 2 rings (SSSR count). The molecule has 19 heavy (non-hydrogen) atoms. The van der Waals surface area contributed by atoms with E-state index in [2.05, 4.69) is 30.7 Å². The molecule has 4 N–H and O–H groups in total. The third-order valence-corrected chi connectivity index (χ3v) is 2.08. The van der Waals surface area contributed by atoms with Gasteiger partial charge in [-0.25, -0.2) is 10.8 Å². The molecule has 0 aliphatic heterocycles. The van der Waals surface area contributed by atoms with Crippen LogP contribution < -0.4 is 21.3 Å². The average molecular weight is 265 g/mol. The van der Waals surface area contributed by atoms with Crippen LogP contribution in [0, 0.1) is 6.92 Å². The number of rotatable bonds is 6. The van der Waals surface area contributed by atoms with Gasteiger partial charge in [0.05, 0.1) is 19.3 Å². The number of aromatic nitrogens is 4. The molecule has 2 heterocycles. The third-order valence-electron chi connectivity index (χ3n) is 2.08. The molecule has 0 radical (unpaired) electrons. The van der Waals surface area contributed by atoms with Gasteiger partial charge in [-0.3, -0.25) is 5.43 Å². The fourth-order valence-electron chi connectivity index (χ4n) is 1.33. The van der Waals surface area contributed by atoms with Crippen molar-refractivity contribution in [2.75, 3.05) is 17.3 Å². The maximum Gasteiger partial charge on any atom is 0.323 e. The second-order valence-electron chi connectivity index (χ2n) is 3.56. The van der Waals surface area contributed by atoms with Crippen molar-refractivity contribution in [3.63, 3.8) is 0 Å². The van der Waals surface area contributed by atoms with Crippen molar-refractivity contribution in [2.24, 2.45) is 5.84 Å². The van der Waals surface area contributed by atoms with Crippen molar-refractivity contribution < 1.29 is 9.15 Å². The topological polar surface area (TPSA) is 124 Å². The van der Waals surface area contributed by atoms with Gasteiger partial charge in [0.1, 0.15) is 5.76 Å². The standard InChI is InChI=1S/C10H15N7O2/c1-3-18-10-15-8(14-9(16-10)17-11)13-5-7-12-4-6(2)19-7/h4H,3,5,11H2,1-2H3,(H2,13,14,15,16,17). The Hall–Kier alpha value is -2.42. The van der Waals surface area contributed by atoms with Crippen molar-refractivity contribution in [1.82, 2.24) is 19.9 Å². The number of nitrogens with two attached hydrogens (primary N) is 1. The number of nitrogens with zero attached hydrogens (tertiary/aromatic N) is 4. The first-order chi connectivity index (χ1) is 9.21. The van der Waals surface area contributed by atoms with E-state index in [0.29, 0.717) is 25.0 Å². The predicted octanol–water partition coefficient (Wildman–Crippen LogP) is 0.464. The monoisotopic (exact) mass is 265 g/mol. The quantitative estimate of drug-likeness (QED) is 0.504. The van der Waals surface area contributed by atoms with E-state index in [9.17, 15) is 0 Å². The lowest BCUT2D eigenvalue weighted by Gasteiger charge is -2.07. The predicted molar refractivity (Wildman–Crippen MR) is 67.4 cm³/mol. The van der Waals surface area contributed by atoms with E-state index in [-0.39, 0.29) is 12.0 Å². The number of hydrazine groups is 1. The molecule has 2 aromatic heterocycles. The second-order valence-corrected chi connectivity index (χ2v) is 3.56. The fraction of sp³-hybridized carbons (Fsp3) is 0.400. The average Bonchev–Trinajstić information content (AvgIpc) is 2.82. The first kappa shape index (κ1) is 13.0. The summed E-state index contributed by atoms with van der Waals surface area (Å²) in [7, 11) is 0. The molecule has 0 spiro atoms. The van der Waals surface area contributed by atoms with Gasteiger partial charge in [0.2, 0.25) is 17.8 Å². The smallest absolute Gasteiger partial charge is 0.323 e. The summed E-state index contributed by atoms with van der Waals surface area (Å²) in [5.41, 5.74) is 2.35.